The summed E-state index contributed by atoms with van der Waals surface area (Å²) in [5.41, 5.74) is 5.70. The highest BCUT2D eigenvalue weighted by Crippen LogP contribution is 2.24. The second-order valence-electron chi connectivity index (χ2n) is 5.28. The molecule has 0 bridgehead atoms. The van der Waals surface area contributed by atoms with Gasteiger partial charge in [-0.25, -0.2) is 0 Å². The standard InChI is InChI=1S/C14H20N4O2S/c1-18-7-4-14(5-8-18,13(15)21)17-12(19)10-3-6-16-9-11(10)20-2/h3,6,9H,4-5,7-8H2,1-2H3,(H2,15,21)(H,17,19). The van der Waals surface area contributed by atoms with Gasteiger partial charge in [-0.15, -0.1) is 0 Å². The first-order valence-electron chi connectivity index (χ1n) is 6.77. The molecule has 1 saturated heterocycles. The van der Waals surface area contributed by atoms with Crippen molar-refractivity contribution in [1.29, 1.82) is 0 Å². The van der Waals surface area contributed by atoms with E-state index in [-0.39, 0.29) is 5.91 Å². The van der Waals surface area contributed by atoms with E-state index in [4.69, 9.17) is 22.7 Å². The smallest absolute Gasteiger partial charge is 0.255 e. The molecule has 1 aromatic heterocycles. The van der Waals surface area contributed by atoms with Crippen LogP contribution in [0.15, 0.2) is 18.5 Å². The number of likely N-dealkylation sites (tertiary alicyclic amines) is 1. The van der Waals surface area contributed by atoms with Crippen molar-refractivity contribution in [2.24, 2.45) is 5.73 Å². The summed E-state index contributed by atoms with van der Waals surface area (Å²) in [4.78, 5) is 19.0. The van der Waals surface area contributed by atoms with Crippen molar-refractivity contribution in [1.82, 2.24) is 15.2 Å². The van der Waals surface area contributed by atoms with E-state index in [2.05, 4.69) is 15.2 Å². The summed E-state index contributed by atoms with van der Waals surface area (Å²) in [5.74, 6) is 0.188. The molecule has 7 heteroatoms. The molecule has 21 heavy (non-hydrogen) atoms. The van der Waals surface area contributed by atoms with Gasteiger partial charge in [-0.3, -0.25) is 9.78 Å². The van der Waals surface area contributed by atoms with Crippen molar-refractivity contribution >= 4 is 23.1 Å². The van der Waals surface area contributed by atoms with Crippen LogP contribution >= 0.6 is 12.2 Å². The SMILES string of the molecule is COc1cnccc1C(=O)NC1(C(N)=S)CCN(C)CC1. The number of nitrogens with zero attached hydrogens (tertiary/aromatic N) is 2. The van der Waals surface area contributed by atoms with Gasteiger partial charge in [-0.1, -0.05) is 12.2 Å². The zero-order valence-corrected chi connectivity index (χ0v) is 13.1. The minimum absolute atomic E-state index is 0.244. The minimum Gasteiger partial charge on any atom is -0.494 e. The Labute approximate surface area is 129 Å². The Bertz CT molecular complexity index is 542. The van der Waals surface area contributed by atoms with Gasteiger partial charge in [0.1, 0.15) is 5.75 Å². The molecule has 0 unspecified atom stereocenters. The van der Waals surface area contributed by atoms with E-state index in [1.54, 1.807) is 12.3 Å². The molecule has 0 radical (unpaired) electrons. The number of thiocarbonyl (C=S) groups is 1. The van der Waals surface area contributed by atoms with Gasteiger partial charge in [0.15, 0.2) is 0 Å². The Morgan fingerprint density at radius 1 is 1.52 bits per heavy atom. The van der Waals surface area contributed by atoms with Crippen LogP contribution in [0.4, 0.5) is 0 Å². The zero-order valence-electron chi connectivity index (χ0n) is 12.3. The van der Waals surface area contributed by atoms with Crippen LogP contribution < -0.4 is 15.8 Å². The highest BCUT2D eigenvalue weighted by Gasteiger charge is 2.38. The molecule has 3 N–H and O–H groups in total. The molecular weight excluding hydrogens is 288 g/mol. The molecule has 6 nitrogen and oxygen atoms in total. The summed E-state index contributed by atoms with van der Waals surface area (Å²) in [6.45, 7) is 1.68. The average molecular weight is 308 g/mol. The maximum atomic E-state index is 12.5. The Morgan fingerprint density at radius 2 is 2.19 bits per heavy atom. The third-order valence-electron chi connectivity index (χ3n) is 3.91. The molecule has 114 valence electrons. The first-order chi connectivity index (χ1) is 9.98. The average Bonchev–Trinajstić information content (AvgIpc) is 2.49. The first-order valence-corrected chi connectivity index (χ1v) is 7.18. The number of carbonyl (C=O) groups is 1. The van der Waals surface area contributed by atoms with E-state index in [0.717, 1.165) is 13.1 Å². The van der Waals surface area contributed by atoms with Gasteiger partial charge in [-0.2, -0.15) is 0 Å². The van der Waals surface area contributed by atoms with Crippen LogP contribution in [0.2, 0.25) is 0 Å². The molecule has 0 saturated carbocycles. The second-order valence-corrected chi connectivity index (χ2v) is 5.72. The predicted octanol–water partition coefficient (Wildman–Crippen LogP) is 0.571. The molecule has 0 atom stereocenters. The number of methoxy groups -OCH3 is 1. The van der Waals surface area contributed by atoms with E-state index < -0.39 is 5.54 Å². The summed E-state index contributed by atoms with van der Waals surface area (Å²) < 4.78 is 5.17. The Balaban J connectivity index is 2.21. The number of nitrogens with one attached hydrogen (secondary N) is 1. The third kappa shape index (κ3) is 3.30. The van der Waals surface area contributed by atoms with Crippen LogP contribution in [-0.4, -0.2) is 53.6 Å². The summed E-state index contributed by atoms with van der Waals surface area (Å²) >= 11 is 5.20. The topological polar surface area (TPSA) is 80.5 Å². The molecule has 2 heterocycles. The lowest BCUT2D eigenvalue weighted by molar-refractivity contribution is 0.0887. The fourth-order valence-corrected chi connectivity index (χ4v) is 2.70. The summed E-state index contributed by atoms with van der Waals surface area (Å²) in [7, 11) is 3.55. The second kappa shape index (κ2) is 6.36. The molecular formula is C14H20N4O2S. The lowest BCUT2D eigenvalue weighted by Gasteiger charge is -2.40. The van der Waals surface area contributed by atoms with Crippen molar-refractivity contribution in [2.45, 2.75) is 18.4 Å². The third-order valence-corrected chi connectivity index (χ3v) is 4.30. The van der Waals surface area contributed by atoms with Crippen LogP contribution in [0.3, 0.4) is 0 Å². The number of rotatable bonds is 4. The number of amides is 1. The molecule has 0 spiro atoms. The number of nitrogens with two attached hydrogens (primary N) is 1. The molecule has 1 aromatic rings. The molecule has 1 aliphatic heterocycles. The Morgan fingerprint density at radius 3 is 2.76 bits per heavy atom. The first kappa shape index (κ1) is 15.7. The van der Waals surface area contributed by atoms with Crippen LogP contribution in [0.5, 0.6) is 5.75 Å². The van der Waals surface area contributed by atoms with Crippen LogP contribution in [0, 0.1) is 0 Å². The number of hydrogen-bond donors (Lipinski definition) is 2. The number of aromatic nitrogens is 1. The molecule has 2 rings (SSSR count). The van der Waals surface area contributed by atoms with E-state index in [9.17, 15) is 4.79 Å². The van der Waals surface area contributed by atoms with E-state index in [1.165, 1.54) is 13.3 Å². The fraction of sp³-hybridized carbons (Fsp3) is 0.500. The molecule has 0 aromatic carbocycles. The summed E-state index contributed by atoms with van der Waals surface area (Å²) in [6.07, 6.45) is 4.48. The van der Waals surface area contributed by atoms with Crippen LogP contribution in [0.25, 0.3) is 0 Å². The van der Waals surface area contributed by atoms with Gasteiger partial charge in [0.05, 0.1) is 29.4 Å². The van der Waals surface area contributed by atoms with Gasteiger partial charge < -0.3 is 20.7 Å². The van der Waals surface area contributed by atoms with Crippen molar-refractivity contribution in [3.63, 3.8) is 0 Å². The lowest BCUT2D eigenvalue weighted by atomic mass is 9.87. The zero-order chi connectivity index (χ0) is 15.5. The number of hydrogen-bond acceptors (Lipinski definition) is 5. The number of pyridine rings is 1. The van der Waals surface area contributed by atoms with Crippen molar-refractivity contribution in [3.05, 3.63) is 24.0 Å². The van der Waals surface area contributed by atoms with Crippen molar-refractivity contribution < 1.29 is 9.53 Å². The van der Waals surface area contributed by atoms with Gasteiger partial charge in [0.25, 0.3) is 5.91 Å². The maximum absolute atomic E-state index is 12.5. The fourth-order valence-electron chi connectivity index (χ4n) is 2.45. The van der Waals surface area contributed by atoms with Crippen molar-refractivity contribution in [3.8, 4) is 5.75 Å². The Hall–Kier alpha value is -1.73. The van der Waals surface area contributed by atoms with Crippen molar-refractivity contribution in [2.75, 3.05) is 27.2 Å². The molecule has 1 fully saturated rings. The highest BCUT2D eigenvalue weighted by atomic mass is 32.1. The van der Waals surface area contributed by atoms with E-state index in [0.29, 0.717) is 29.1 Å². The maximum Gasteiger partial charge on any atom is 0.255 e. The van der Waals surface area contributed by atoms with Crippen LogP contribution in [-0.2, 0) is 0 Å². The summed E-state index contributed by atoms with van der Waals surface area (Å²) in [6, 6.07) is 1.62. The number of ether oxygens (including phenoxy) is 1. The lowest BCUT2D eigenvalue weighted by Crippen LogP contribution is -2.61. The molecule has 1 aliphatic rings. The summed E-state index contributed by atoms with van der Waals surface area (Å²) in [5, 5.41) is 3.00. The quantitative estimate of drug-likeness (QED) is 0.792. The largest absolute Gasteiger partial charge is 0.494 e. The van der Waals surface area contributed by atoms with E-state index in [1.807, 2.05) is 7.05 Å². The highest BCUT2D eigenvalue weighted by molar-refractivity contribution is 7.80. The Kier molecular flexibility index (Phi) is 4.74. The normalized spacial score (nSPS) is 18.0. The number of piperidine rings is 1. The van der Waals surface area contributed by atoms with Gasteiger partial charge in [0, 0.05) is 19.3 Å². The monoisotopic (exact) mass is 308 g/mol. The molecule has 1 amide bonds. The van der Waals surface area contributed by atoms with Crippen LogP contribution in [0.1, 0.15) is 23.2 Å². The van der Waals surface area contributed by atoms with Gasteiger partial charge in [-0.05, 0) is 26.0 Å². The number of carbonyl (C=O) groups excluding carboxylic acids is 1. The molecule has 0 aliphatic carbocycles. The minimum atomic E-state index is -0.632. The van der Waals surface area contributed by atoms with E-state index >= 15 is 0 Å². The van der Waals surface area contributed by atoms with Gasteiger partial charge in [0.2, 0.25) is 0 Å². The predicted molar refractivity (Wildman–Crippen MR) is 84.5 cm³/mol. The van der Waals surface area contributed by atoms with Gasteiger partial charge >= 0.3 is 0 Å².